The van der Waals surface area contributed by atoms with Crippen molar-refractivity contribution in [3.63, 3.8) is 0 Å². The number of hydrogen-bond donors (Lipinski definition) is 2. The second kappa shape index (κ2) is 6.05. The van der Waals surface area contributed by atoms with Gasteiger partial charge in [0.1, 0.15) is 12.7 Å². The summed E-state index contributed by atoms with van der Waals surface area (Å²) in [7, 11) is 0. The van der Waals surface area contributed by atoms with E-state index in [9.17, 15) is 4.79 Å². The molecule has 0 aliphatic rings. The Morgan fingerprint density at radius 2 is 2.00 bits per heavy atom. The molecule has 0 saturated heterocycles. The number of nitrogens with two attached hydrogens (primary N) is 1. The van der Waals surface area contributed by atoms with Crippen LogP contribution in [0.3, 0.4) is 0 Å². The summed E-state index contributed by atoms with van der Waals surface area (Å²) >= 11 is 0. The van der Waals surface area contributed by atoms with E-state index >= 15 is 0 Å². The first kappa shape index (κ1) is 15.2. The van der Waals surface area contributed by atoms with Crippen LogP contribution in [-0.4, -0.2) is 26.7 Å². The van der Waals surface area contributed by atoms with Gasteiger partial charge in [-0.3, -0.25) is 9.36 Å². The molecule has 1 amide bonds. The molecule has 112 valence electrons. The molecule has 6 nitrogen and oxygen atoms in total. The van der Waals surface area contributed by atoms with Gasteiger partial charge in [0.05, 0.1) is 5.69 Å². The summed E-state index contributed by atoms with van der Waals surface area (Å²) < 4.78 is 1.77. The third-order valence-corrected chi connectivity index (χ3v) is 3.36. The molecule has 1 aromatic carbocycles. The molecule has 2 aromatic rings. The Labute approximate surface area is 124 Å². The van der Waals surface area contributed by atoms with E-state index in [2.05, 4.69) is 15.5 Å². The predicted octanol–water partition coefficient (Wildman–Crippen LogP) is 1.97. The summed E-state index contributed by atoms with van der Waals surface area (Å²) in [6, 6.07) is 7.31. The number of benzene rings is 1. The zero-order valence-corrected chi connectivity index (χ0v) is 12.6. The van der Waals surface area contributed by atoms with Crippen molar-refractivity contribution < 1.29 is 4.79 Å². The summed E-state index contributed by atoms with van der Waals surface area (Å²) in [5, 5.41) is 10.4. The van der Waals surface area contributed by atoms with Crippen molar-refractivity contribution in [1.29, 1.82) is 0 Å². The van der Waals surface area contributed by atoms with Crippen LogP contribution < -0.4 is 11.1 Å². The predicted molar refractivity (Wildman–Crippen MR) is 82.0 cm³/mol. The molecule has 0 spiro atoms. The van der Waals surface area contributed by atoms with Crippen molar-refractivity contribution in [2.45, 2.75) is 33.2 Å². The topological polar surface area (TPSA) is 85.8 Å². The maximum absolute atomic E-state index is 12.0. The highest BCUT2D eigenvalue weighted by molar-refractivity contribution is 5.91. The van der Waals surface area contributed by atoms with E-state index in [1.54, 1.807) is 17.2 Å². The Kier molecular flexibility index (Phi) is 4.37. The van der Waals surface area contributed by atoms with Crippen LogP contribution in [0.5, 0.6) is 0 Å². The van der Waals surface area contributed by atoms with Gasteiger partial charge >= 0.3 is 0 Å². The summed E-state index contributed by atoms with van der Waals surface area (Å²) in [4.78, 5) is 12.0. The minimum Gasteiger partial charge on any atom is -0.327 e. The van der Waals surface area contributed by atoms with Crippen LogP contribution in [-0.2, 0) is 4.79 Å². The fraction of sp³-hybridized carbons (Fsp3) is 0.400. The first-order chi connectivity index (χ1) is 9.86. The number of hydrogen-bond acceptors (Lipinski definition) is 4. The third-order valence-electron chi connectivity index (χ3n) is 3.36. The first-order valence-electron chi connectivity index (χ1n) is 6.87. The van der Waals surface area contributed by atoms with E-state index in [4.69, 9.17) is 5.73 Å². The molecular weight excluding hydrogens is 266 g/mol. The standard InChI is InChI=1S/C15H21N5O/c1-15(2,3)13(16)8-14(21)19-11-5-4-6-12(7-11)20-9-17-18-10-20/h4-7,9-10,13H,8,16H2,1-3H3,(H,19,21). The summed E-state index contributed by atoms with van der Waals surface area (Å²) in [6.07, 6.45) is 3.51. The van der Waals surface area contributed by atoms with Gasteiger partial charge in [0.2, 0.25) is 5.91 Å². The Balaban J connectivity index is 2.03. The molecule has 2 rings (SSSR count). The quantitative estimate of drug-likeness (QED) is 0.900. The van der Waals surface area contributed by atoms with Crippen molar-refractivity contribution in [1.82, 2.24) is 14.8 Å². The van der Waals surface area contributed by atoms with E-state index in [1.807, 2.05) is 45.0 Å². The van der Waals surface area contributed by atoms with E-state index in [0.717, 1.165) is 11.4 Å². The zero-order chi connectivity index (χ0) is 15.5. The number of nitrogens with zero attached hydrogens (tertiary/aromatic N) is 3. The number of carbonyl (C=O) groups excluding carboxylic acids is 1. The Morgan fingerprint density at radius 1 is 1.33 bits per heavy atom. The van der Waals surface area contributed by atoms with Gasteiger partial charge < -0.3 is 11.1 Å². The lowest BCUT2D eigenvalue weighted by molar-refractivity contribution is -0.117. The number of anilines is 1. The molecule has 0 aliphatic heterocycles. The van der Waals surface area contributed by atoms with Gasteiger partial charge in [0, 0.05) is 18.2 Å². The molecule has 0 bridgehead atoms. The highest BCUT2D eigenvalue weighted by atomic mass is 16.1. The van der Waals surface area contributed by atoms with E-state index < -0.39 is 0 Å². The molecule has 3 N–H and O–H groups in total. The minimum absolute atomic E-state index is 0.0849. The third kappa shape index (κ3) is 4.13. The second-order valence-electron chi connectivity index (χ2n) is 6.14. The number of amides is 1. The SMILES string of the molecule is CC(C)(C)C(N)CC(=O)Nc1cccc(-n2cnnc2)c1. The van der Waals surface area contributed by atoms with Crippen LogP contribution in [0.15, 0.2) is 36.9 Å². The second-order valence-corrected chi connectivity index (χ2v) is 6.14. The van der Waals surface area contributed by atoms with Crippen LogP contribution in [0.1, 0.15) is 27.2 Å². The Hall–Kier alpha value is -2.21. The zero-order valence-electron chi connectivity index (χ0n) is 12.6. The van der Waals surface area contributed by atoms with Crippen molar-refractivity contribution in [3.05, 3.63) is 36.9 Å². The largest absolute Gasteiger partial charge is 0.327 e. The average molecular weight is 287 g/mol. The van der Waals surface area contributed by atoms with E-state index in [-0.39, 0.29) is 17.4 Å². The van der Waals surface area contributed by atoms with Gasteiger partial charge in [-0.15, -0.1) is 10.2 Å². The fourth-order valence-corrected chi connectivity index (χ4v) is 1.80. The van der Waals surface area contributed by atoms with Crippen LogP contribution in [0.2, 0.25) is 0 Å². The van der Waals surface area contributed by atoms with Crippen molar-refractivity contribution in [2.24, 2.45) is 11.1 Å². The molecule has 1 aromatic heterocycles. The number of rotatable bonds is 4. The lowest BCUT2D eigenvalue weighted by Gasteiger charge is -2.26. The highest BCUT2D eigenvalue weighted by Crippen LogP contribution is 2.20. The lowest BCUT2D eigenvalue weighted by atomic mass is 9.85. The maximum atomic E-state index is 12.0. The molecule has 21 heavy (non-hydrogen) atoms. The number of nitrogens with one attached hydrogen (secondary N) is 1. The molecule has 0 fully saturated rings. The molecular formula is C15H21N5O. The lowest BCUT2D eigenvalue weighted by Crippen LogP contribution is -2.38. The average Bonchev–Trinajstić information content (AvgIpc) is 2.91. The Bertz CT molecular complexity index is 601. The summed E-state index contributed by atoms with van der Waals surface area (Å²) in [6.45, 7) is 6.08. The molecule has 0 radical (unpaired) electrons. The molecule has 6 heteroatoms. The molecule has 0 saturated carbocycles. The van der Waals surface area contributed by atoms with Gasteiger partial charge in [-0.05, 0) is 23.6 Å². The van der Waals surface area contributed by atoms with Crippen molar-refractivity contribution in [2.75, 3.05) is 5.32 Å². The Morgan fingerprint density at radius 3 is 2.62 bits per heavy atom. The normalized spacial score (nSPS) is 13.0. The van der Waals surface area contributed by atoms with Crippen molar-refractivity contribution >= 4 is 11.6 Å². The van der Waals surface area contributed by atoms with E-state index in [0.29, 0.717) is 6.42 Å². The molecule has 1 unspecified atom stereocenters. The van der Waals surface area contributed by atoms with Gasteiger partial charge in [-0.25, -0.2) is 0 Å². The maximum Gasteiger partial charge on any atom is 0.225 e. The van der Waals surface area contributed by atoms with Crippen molar-refractivity contribution in [3.8, 4) is 5.69 Å². The van der Waals surface area contributed by atoms with Crippen LogP contribution >= 0.6 is 0 Å². The smallest absolute Gasteiger partial charge is 0.225 e. The molecule has 0 aliphatic carbocycles. The molecule has 1 atom stereocenters. The monoisotopic (exact) mass is 287 g/mol. The minimum atomic E-state index is -0.182. The van der Waals surface area contributed by atoms with Crippen LogP contribution in [0.25, 0.3) is 5.69 Å². The van der Waals surface area contributed by atoms with Gasteiger partial charge in [-0.1, -0.05) is 26.8 Å². The van der Waals surface area contributed by atoms with E-state index in [1.165, 1.54) is 0 Å². The number of aromatic nitrogens is 3. The van der Waals surface area contributed by atoms with Gasteiger partial charge in [0.25, 0.3) is 0 Å². The highest BCUT2D eigenvalue weighted by Gasteiger charge is 2.23. The first-order valence-corrected chi connectivity index (χ1v) is 6.87. The van der Waals surface area contributed by atoms with Crippen LogP contribution in [0.4, 0.5) is 5.69 Å². The van der Waals surface area contributed by atoms with Gasteiger partial charge in [0.15, 0.2) is 0 Å². The number of carbonyl (C=O) groups is 1. The molecule has 1 heterocycles. The fourth-order valence-electron chi connectivity index (χ4n) is 1.80. The summed E-state index contributed by atoms with van der Waals surface area (Å²) in [5.74, 6) is -0.0849. The van der Waals surface area contributed by atoms with Crippen LogP contribution in [0, 0.1) is 5.41 Å². The van der Waals surface area contributed by atoms with Gasteiger partial charge in [-0.2, -0.15) is 0 Å². The summed E-state index contributed by atoms with van der Waals surface area (Å²) in [5.41, 5.74) is 7.55.